The molecule has 32 heavy (non-hydrogen) atoms. The van der Waals surface area contributed by atoms with Gasteiger partial charge >= 0.3 is 0 Å². The van der Waals surface area contributed by atoms with E-state index in [1.807, 2.05) is 18.2 Å². The van der Waals surface area contributed by atoms with Gasteiger partial charge in [0, 0.05) is 23.2 Å². The predicted molar refractivity (Wildman–Crippen MR) is 133 cm³/mol. The van der Waals surface area contributed by atoms with E-state index in [0.29, 0.717) is 33.8 Å². The molecule has 1 aliphatic heterocycles. The van der Waals surface area contributed by atoms with Crippen molar-refractivity contribution in [3.05, 3.63) is 62.0 Å². The second-order valence-electron chi connectivity index (χ2n) is 8.14. The van der Waals surface area contributed by atoms with Crippen molar-refractivity contribution in [1.82, 2.24) is 15.5 Å². The molecular formula is C23H27BrCl2N4O2. The number of hydrogen-bond acceptors (Lipinski definition) is 4. The van der Waals surface area contributed by atoms with Gasteiger partial charge in [-0.05, 0) is 74.7 Å². The van der Waals surface area contributed by atoms with E-state index < -0.39 is 6.04 Å². The average Bonchev–Trinajstić information content (AvgIpc) is 2.77. The number of nitrogens with two attached hydrogens (primary N) is 1. The highest BCUT2D eigenvalue weighted by atomic mass is 79.9. The lowest BCUT2D eigenvalue weighted by atomic mass is 9.96. The smallest absolute Gasteiger partial charge is 0.254 e. The number of nitrogens with zero attached hydrogens (tertiary/aromatic N) is 1. The van der Waals surface area contributed by atoms with Crippen LogP contribution >= 0.6 is 39.1 Å². The maximum absolute atomic E-state index is 12.5. The molecule has 1 heterocycles. The Morgan fingerprint density at radius 1 is 1.16 bits per heavy atom. The van der Waals surface area contributed by atoms with E-state index in [9.17, 15) is 9.59 Å². The summed E-state index contributed by atoms with van der Waals surface area (Å²) in [6.07, 6.45) is 1.99. The van der Waals surface area contributed by atoms with E-state index in [4.69, 9.17) is 28.9 Å². The van der Waals surface area contributed by atoms with E-state index in [0.717, 1.165) is 42.5 Å². The number of likely N-dealkylation sites (tertiary alicyclic amines) is 1. The van der Waals surface area contributed by atoms with Gasteiger partial charge < -0.3 is 16.4 Å². The largest absolute Gasteiger partial charge is 0.398 e. The van der Waals surface area contributed by atoms with Crippen molar-refractivity contribution in [2.24, 2.45) is 5.92 Å². The van der Waals surface area contributed by atoms with Crippen LogP contribution in [0.2, 0.25) is 10.0 Å². The Morgan fingerprint density at radius 2 is 1.88 bits per heavy atom. The monoisotopic (exact) mass is 540 g/mol. The van der Waals surface area contributed by atoms with Crippen molar-refractivity contribution >= 4 is 56.6 Å². The summed E-state index contributed by atoms with van der Waals surface area (Å²) in [6, 6.07) is 10.1. The molecule has 0 radical (unpaired) electrons. The van der Waals surface area contributed by atoms with Crippen molar-refractivity contribution < 1.29 is 9.59 Å². The Balaban J connectivity index is 1.41. The number of carbonyl (C=O) groups is 2. The number of nitrogen functional groups attached to an aromatic ring is 1. The highest BCUT2D eigenvalue weighted by Crippen LogP contribution is 2.25. The van der Waals surface area contributed by atoms with Gasteiger partial charge in [0.05, 0.1) is 15.6 Å². The Hall–Kier alpha value is -1.80. The van der Waals surface area contributed by atoms with Gasteiger partial charge in [0.2, 0.25) is 5.91 Å². The third kappa shape index (κ3) is 6.85. The fourth-order valence-corrected chi connectivity index (χ4v) is 4.39. The molecular weight excluding hydrogens is 515 g/mol. The number of benzene rings is 2. The van der Waals surface area contributed by atoms with Gasteiger partial charge in [0.25, 0.3) is 5.91 Å². The number of rotatable bonds is 7. The average molecular weight is 542 g/mol. The number of amides is 2. The third-order valence-corrected chi connectivity index (χ3v) is 6.90. The quantitative estimate of drug-likeness (QED) is 0.451. The number of anilines is 1. The Morgan fingerprint density at radius 3 is 2.56 bits per heavy atom. The highest BCUT2D eigenvalue weighted by molar-refractivity contribution is 9.10. The van der Waals surface area contributed by atoms with Crippen molar-refractivity contribution in [3.63, 3.8) is 0 Å². The first kappa shape index (κ1) is 24.8. The van der Waals surface area contributed by atoms with E-state index in [-0.39, 0.29) is 11.8 Å². The molecule has 0 aromatic heterocycles. The highest BCUT2D eigenvalue weighted by Gasteiger charge is 2.22. The number of halogens is 3. The van der Waals surface area contributed by atoms with Crippen molar-refractivity contribution in [2.45, 2.75) is 32.4 Å². The molecule has 3 rings (SSSR count). The SMILES string of the molecule is C[C@H](NC(=O)c1cc(Br)ccc1N)C(=O)NCC1CCN(Cc2ccc(Cl)c(Cl)c2)CC1. The normalized spacial score (nSPS) is 15.9. The molecule has 1 fully saturated rings. The van der Waals surface area contributed by atoms with Crippen molar-refractivity contribution in [3.8, 4) is 0 Å². The Labute approximate surface area is 206 Å². The first-order valence-electron chi connectivity index (χ1n) is 10.5. The fourth-order valence-electron chi connectivity index (χ4n) is 3.71. The van der Waals surface area contributed by atoms with Gasteiger partial charge in [-0.15, -0.1) is 0 Å². The maximum atomic E-state index is 12.5. The van der Waals surface area contributed by atoms with Gasteiger partial charge in [-0.3, -0.25) is 14.5 Å². The molecule has 1 saturated heterocycles. The van der Waals surface area contributed by atoms with Gasteiger partial charge in [-0.25, -0.2) is 0 Å². The lowest BCUT2D eigenvalue weighted by Crippen LogP contribution is -2.47. The minimum Gasteiger partial charge on any atom is -0.398 e. The van der Waals surface area contributed by atoms with Crippen LogP contribution in [0.25, 0.3) is 0 Å². The second-order valence-corrected chi connectivity index (χ2v) is 9.87. The molecule has 0 bridgehead atoms. The third-order valence-electron chi connectivity index (χ3n) is 5.66. The van der Waals surface area contributed by atoms with Crippen LogP contribution < -0.4 is 16.4 Å². The molecule has 4 N–H and O–H groups in total. The van der Waals surface area contributed by atoms with Gasteiger partial charge in [0.15, 0.2) is 0 Å². The minimum atomic E-state index is -0.657. The molecule has 2 aromatic carbocycles. The van der Waals surface area contributed by atoms with Gasteiger partial charge in [-0.2, -0.15) is 0 Å². The van der Waals surface area contributed by atoms with Crippen LogP contribution in [-0.2, 0) is 11.3 Å². The molecule has 2 amide bonds. The van der Waals surface area contributed by atoms with E-state index in [1.54, 1.807) is 25.1 Å². The fraction of sp³-hybridized carbons (Fsp3) is 0.391. The number of nitrogens with one attached hydrogen (secondary N) is 2. The van der Waals surface area contributed by atoms with E-state index in [2.05, 4.69) is 31.5 Å². The molecule has 0 unspecified atom stereocenters. The second kappa shape index (κ2) is 11.4. The molecule has 0 aliphatic carbocycles. The van der Waals surface area contributed by atoms with Crippen LogP contribution in [0.15, 0.2) is 40.9 Å². The van der Waals surface area contributed by atoms with Crippen LogP contribution in [0.3, 0.4) is 0 Å². The van der Waals surface area contributed by atoms with Gasteiger partial charge in [-0.1, -0.05) is 45.2 Å². The van der Waals surface area contributed by atoms with Crippen LogP contribution in [0.5, 0.6) is 0 Å². The summed E-state index contributed by atoms with van der Waals surface area (Å²) in [7, 11) is 0. The zero-order chi connectivity index (χ0) is 23.3. The molecule has 2 aromatic rings. The first-order chi connectivity index (χ1) is 15.2. The topological polar surface area (TPSA) is 87.5 Å². The van der Waals surface area contributed by atoms with Crippen molar-refractivity contribution in [2.75, 3.05) is 25.4 Å². The maximum Gasteiger partial charge on any atom is 0.254 e. The summed E-state index contributed by atoms with van der Waals surface area (Å²) in [5.41, 5.74) is 7.72. The standard InChI is InChI=1S/C23H27BrCl2N4O2/c1-14(29-23(32)18-11-17(24)3-5-21(18)27)22(31)28-12-15-6-8-30(9-7-15)13-16-2-4-19(25)20(26)10-16/h2-5,10-11,14-15H,6-9,12-13,27H2,1H3,(H,28,31)(H,29,32)/t14-/m0/s1. The molecule has 0 spiro atoms. The first-order valence-corrected chi connectivity index (χ1v) is 12.1. The Bertz CT molecular complexity index is 980. The van der Waals surface area contributed by atoms with Crippen LogP contribution in [0, 0.1) is 5.92 Å². The lowest BCUT2D eigenvalue weighted by molar-refractivity contribution is -0.122. The summed E-state index contributed by atoms with van der Waals surface area (Å²) < 4.78 is 0.749. The molecule has 1 atom stereocenters. The molecule has 0 saturated carbocycles. The molecule has 1 aliphatic rings. The van der Waals surface area contributed by atoms with Crippen LogP contribution in [-0.4, -0.2) is 42.4 Å². The van der Waals surface area contributed by atoms with Crippen molar-refractivity contribution in [1.29, 1.82) is 0 Å². The lowest BCUT2D eigenvalue weighted by Gasteiger charge is -2.32. The van der Waals surface area contributed by atoms with Crippen LogP contribution in [0.4, 0.5) is 5.69 Å². The predicted octanol–water partition coefficient (Wildman–Crippen LogP) is 4.48. The summed E-state index contributed by atoms with van der Waals surface area (Å²) in [5, 5.41) is 6.82. The van der Waals surface area contributed by atoms with E-state index >= 15 is 0 Å². The summed E-state index contributed by atoms with van der Waals surface area (Å²) in [5.74, 6) is -0.167. The molecule has 6 nitrogen and oxygen atoms in total. The summed E-state index contributed by atoms with van der Waals surface area (Å²) >= 11 is 15.4. The zero-order valence-corrected chi connectivity index (χ0v) is 20.9. The summed E-state index contributed by atoms with van der Waals surface area (Å²) in [4.78, 5) is 27.3. The number of hydrogen-bond donors (Lipinski definition) is 3. The molecule has 9 heteroatoms. The number of piperidine rings is 1. The molecule has 172 valence electrons. The van der Waals surface area contributed by atoms with Gasteiger partial charge in [0.1, 0.15) is 6.04 Å². The van der Waals surface area contributed by atoms with Crippen LogP contribution in [0.1, 0.15) is 35.7 Å². The minimum absolute atomic E-state index is 0.204. The number of carbonyl (C=O) groups excluding carboxylic acids is 2. The Kier molecular flexibility index (Phi) is 8.82. The van der Waals surface area contributed by atoms with E-state index in [1.165, 1.54) is 0 Å². The summed E-state index contributed by atoms with van der Waals surface area (Å²) in [6.45, 7) is 5.00. The zero-order valence-electron chi connectivity index (χ0n) is 17.8.